The van der Waals surface area contributed by atoms with Crippen molar-refractivity contribution in [1.82, 2.24) is 0 Å². The van der Waals surface area contributed by atoms with Crippen LogP contribution in [0.15, 0.2) is 89.9 Å². The van der Waals surface area contributed by atoms with Crippen molar-refractivity contribution in [3.05, 3.63) is 102 Å². The van der Waals surface area contributed by atoms with Crippen LogP contribution in [0.3, 0.4) is 0 Å². The normalized spacial score (nSPS) is 17.2. The van der Waals surface area contributed by atoms with Crippen molar-refractivity contribution in [2.45, 2.75) is 31.8 Å². The molecule has 0 aliphatic carbocycles. The summed E-state index contributed by atoms with van der Waals surface area (Å²) in [5.41, 5.74) is 5.46. The predicted octanol–water partition coefficient (Wildman–Crippen LogP) is 5.67. The molecule has 2 nitrogen and oxygen atoms in total. The molecule has 136 valence electrons. The van der Waals surface area contributed by atoms with Gasteiger partial charge in [-0.15, -0.1) is 0 Å². The Morgan fingerprint density at radius 2 is 1.19 bits per heavy atom. The zero-order valence-electron chi connectivity index (χ0n) is 16.5. The molecule has 0 saturated heterocycles. The summed E-state index contributed by atoms with van der Waals surface area (Å²) in [5, 5.41) is 0. The summed E-state index contributed by atoms with van der Waals surface area (Å²) in [4.78, 5) is 7.42. The third-order valence-corrected chi connectivity index (χ3v) is 5.36. The molecule has 0 bridgehead atoms. The van der Waals surface area contributed by atoms with E-state index < -0.39 is 5.54 Å². The largest absolute Gasteiger partial charge is 0.347 e. The van der Waals surface area contributed by atoms with Crippen LogP contribution in [0.5, 0.6) is 0 Å². The minimum absolute atomic E-state index is 0.103. The van der Waals surface area contributed by atoms with Gasteiger partial charge < -0.3 is 4.90 Å². The number of fused-ring (bicyclic) bond motifs is 1. The zero-order chi connectivity index (χ0) is 19.1. The Hall–Kier alpha value is -2.87. The molecule has 4 rings (SSSR count). The number of hydrogen-bond donors (Lipinski definition) is 0. The Morgan fingerprint density at radius 1 is 0.704 bits per heavy atom. The van der Waals surface area contributed by atoms with Gasteiger partial charge >= 0.3 is 0 Å². The molecule has 1 aliphatic heterocycles. The van der Waals surface area contributed by atoms with Gasteiger partial charge in [-0.3, -0.25) is 4.99 Å². The third-order valence-electron chi connectivity index (χ3n) is 5.36. The topological polar surface area (TPSA) is 15.6 Å². The molecule has 0 N–H and O–H groups in total. The zero-order valence-corrected chi connectivity index (χ0v) is 16.5. The summed E-state index contributed by atoms with van der Waals surface area (Å²) >= 11 is 0. The van der Waals surface area contributed by atoms with Gasteiger partial charge in [0.2, 0.25) is 0 Å². The Bertz CT molecular complexity index is 926. The van der Waals surface area contributed by atoms with Gasteiger partial charge in [-0.2, -0.15) is 0 Å². The molecule has 0 aromatic heterocycles. The SMILES string of the molecule is CN=C1c2ccccc2N(C(C)(C)C)C1(c1ccccc1)c1ccccc1. The maximum atomic E-state index is 4.87. The highest BCUT2D eigenvalue weighted by molar-refractivity contribution is 6.19. The van der Waals surface area contributed by atoms with Crippen molar-refractivity contribution in [1.29, 1.82) is 0 Å². The molecule has 0 amide bonds. The molecule has 0 radical (unpaired) electrons. The van der Waals surface area contributed by atoms with Gasteiger partial charge in [0.1, 0.15) is 5.54 Å². The van der Waals surface area contributed by atoms with Gasteiger partial charge in [-0.25, -0.2) is 0 Å². The van der Waals surface area contributed by atoms with Crippen LogP contribution < -0.4 is 4.90 Å². The summed E-state index contributed by atoms with van der Waals surface area (Å²) < 4.78 is 0. The molecule has 2 heteroatoms. The highest BCUT2D eigenvalue weighted by atomic mass is 15.3. The number of anilines is 1. The molecule has 0 fully saturated rings. The van der Waals surface area contributed by atoms with E-state index in [1.165, 1.54) is 22.4 Å². The molecule has 0 atom stereocenters. The minimum atomic E-state index is -0.459. The second-order valence-electron chi connectivity index (χ2n) is 8.04. The number of rotatable bonds is 2. The minimum Gasteiger partial charge on any atom is -0.347 e. The first kappa shape index (κ1) is 17.5. The van der Waals surface area contributed by atoms with Gasteiger partial charge in [0, 0.05) is 23.8 Å². The Labute approximate surface area is 162 Å². The lowest BCUT2D eigenvalue weighted by atomic mass is 9.76. The molecule has 3 aromatic carbocycles. The third kappa shape index (κ3) is 2.51. The molecule has 0 saturated carbocycles. The van der Waals surface area contributed by atoms with Crippen molar-refractivity contribution < 1.29 is 0 Å². The number of benzene rings is 3. The molecular formula is C25H26N2. The molecule has 0 spiro atoms. The summed E-state index contributed by atoms with van der Waals surface area (Å²) in [6.45, 7) is 6.84. The summed E-state index contributed by atoms with van der Waals surface area (Å²) in [7, 11) is 1.92. The van der Waals surface area contributed by atoms with Crippen LogP contribution in [0.25, 0.3) is 0 Å². The predicted molar refractivity (Wildman–Crippen MR) is 115 cm³/mol. The van der Waals surface area contributed by atoms with Gasteiger partial charge in [0.15, 0.2) is 0 Å². The molecular weight excluding hydrogens is 328 g/mol. The lowest BCUT2D eigenvalue weighted by molar-refractivity contribution is 0.440. The van der Waals surface area contributed by atoms with Gasteiger partial charge in [0.05, 0.1) is 5.71 Å². The fourth-order valence-electron chi connectivity index (χ4n) is 4.55. The maximum Gasteiger partial charge on any atom is 0.134 e. The van der Waals surface area contributed by atoms with Crippen LogP contribution in [0.2, 0.25) is 0 Å². The Balaban J connectivity index is 2.17. The highest BCUT2D eigenvalue weighted by Crippen LogP contribution is 2.52. The quantitative estimate of drug-likeness (QED) is 0.579. The van der Waals surface area contributed by atoms with Crippen LogP contribution in [0.4, 0.5) is 5.69 Å². The van der Waals surface area contributed by atoms with Crippen molar-refractivity contribution in [2.24, 2.45) is 4.99 Å². The van der Waals surface area contributed by atoms with Gasteiger partial charge in [0.25, 0.3) is 0 Å². The van der Waals surface area contributed by atoms with Crippen molar-refractivity contribution >= 4 is 11.4 Å². The first-order valence-electron chi connectivity index (χ1n) is 9.49. The van der Waals surface area contributed by atoms with Crippen molar-refractivity contribution in [2.75, 3.05) is 11.9 Å². The number of aliphatic imine (C=N–C) groups is 1. The number of nitrogens with zero attached hydrogens (tertiary/aromatic N) is 2. The second kappa shape index (κ2) is 6.38. The van der Waals surface area contributed by atoms with E-state index in [0.717, 1.165) is 5.71 Å². The summed E-state index contributed by atoms with van der Waals surface area (Å²) in [6.07, 6.45) is 0. The van der Waals surface area contributed by atoms with E-state index >= 15 is 0 Å². The summed E-state index contributed by atoms with van der Waals surface area (Å²) in [6, 6.07) is 30.2. The highest BCUT2D eigenvalue weighted by Gasteiger charge is 2.54. The van der Waals surface area contributed by atoms with E-state index in [4.69, 9.17) is 4.99 Å². The van der Waals surface area contributed by atoms with Crippen molar-refractivity contribution in [3.63, 3.8) is 0 Å². The first-order valence-corrected chi connectivity index (χ1v) is 9.49. The van der Waals surface area contributed by atoms with E-state index in [0.29, 0.717) is 0 Å². The van der Waals surface area contributed by atoms with E-state index in [1.807, 2.05) is 7.05 Å². The molecule has 27 heavy (non-hydrogen) atoms. The maximum absolute atomic E-state index is 4.87. The van der Waals surface area contributed by atoms with Crippen LogP contribution in [-0.2, 0) is 5.54 Å². The van der Waals surface area contributed by atoms with Gasteiger partial charge in [-0.05, 0) is 38.0 Å². The van der Waals surface area contributed by atoms with Crippen molar-refractivity contribution in [3.8, 4) is 0 Å². The lowest BCUT2D eigenvalue weighted by Crippen LogP contribution is -2.56. The van der Waals surface area contributed by atoms with Crippen LogP contribution >= 0.6 is 0 Å². The second-order valence-corrected chi connectivity index (χ2v) is 8.04. The summed E-state index contributed by atoms with van der Waals surface area (Å²) in [5.74, 6) is 0. The van der Waals surface area contributed by atoms with Crippen LogP contribution in [0, 0.1) is 0 Å². The van der Waals surface area contributed by atoms with E-state index in [1.54, 1.807) is 0 Å². The smallest absolute Gasteiger partial charge is 0.134 e. The molecule has 0 unspecified atom stereocenters. The molecule has 1 heterocycles. The number of hydrogen-bond acceptors (Lipinski definition) is 2. The molecule has 3 aromatic rings. The lowest BCUT2D eigenvalue weighted by Gasteiger charge is -2.49. The Morgan fingerprint density at radius 3 is 1.67 bits per heavy atom. The standard InChI is InChI=1S/C25H26N2/c1-24(2,3)27-22-18-12-11-17-21(22)23(26-4)25(27,19-13-7-5-8-14-19)20-15-9-6-10-16-20/h5-18H,1-4H3. The fourth-order valence-corrected chi connectivity index (χ4v) is 4.55. The first-order chi connectivity index (χ1) is 13.0. The van der Waals surface area contributed by atoms with Gasteiger partial charge in [-0.1, -0.05) is 78.9 Å². The van der Waals surface area contributed by atoms with Crippen LogP contribution in [-0.4, -0.2) is 18.3 Å². The fraction of sp³-hybridized carbons (Fsp3) is 0.240. The Kier molecular flexibility index (Phi) is 4.15. The average molecular weight is 354 g/mol. The average Bonchev–Trinajstić information content (AvgIpc) is 3.00. The molecule has 1 aliphatic rings. The van der Waals surface area contributed by atoms with Crippen LogP contribution in [0.1, 0.15) is 37.5 Å². The van der Waals surface area contributed by atoms with E-state index in [-0.39, 0.29) is 5.54 Å². The van der Waals surface area contributed by atoms with E-state index in [2.05, 4.69) is 111 Å². The van der Waals surface area contributed by atoms with E-state index in [9.17, 15) is 0 Å². The number of para-hydroxylation sites is 1. The monoisotopic (exact) mass is 354 g/mol.